The van der Waals surface area contributed by atoms with Gasteiger partial charge in [-0.25, -0.2) is 13.2 Å². The number of piperidine rings is 3. The van der Waals surface area contributed by atoms with Crippen LogP contribution in [0.15, 0.2) is 29.2 Å². The minimum Gasteiger partial charge on any atom is -0.444 e. The first kappa shape index (κ1) is 27.4. The van der Waals surface area contributed by atoms with Crippen LogP contribution < -0.4 is 10.6 Å². The van der Waals surface area contributed by atoms with Gasteiger partial charge in [-0.05, 0) is 115 Å². The summed E-state index contributed by atoms with van der Waals surface area (Å²) >= 11 is 0. The Bertz CT molecular complexity index is 972. The summed E-state index contributed by atoms with van der Waals surface area (Å²) in [5.41, 5.74) is 0.585. The highest BCUT2D eigenvalue weighted by molar-refractivity contribution is 7.89. The lowest BCUT2D eigenvalue weighted by molar-refractivity contribution is 0.0489. The summed E-state index contributed by atoms with van der Waals surface area (Å²) in [6.07, 6.45) is 5.41. The van der Waals surface area contributed by atoms with E-state index in [0.29, 0.717) is 36.7 Å². The average Bonchev–Trinajstić information content (AvgIpc) is 2.84. The molecule has 1 aromatic rings. The topological polar surface area (TPSA) is 91.0 Å². The van der Waals surface area contributed by atoms with E-state index < -0.39 is 21.7 Å². The number of alkyl carbamates (subject to hydrolysis) is 1. The van der Waals surface area contributed by atoms with Crippen molar-refractivity contribution in [2.75, 3.05) is 45.8 Å². The third kappa shape index (κ3) is 7.43. The SMILES string of the molecule is CC(C)(C)OC(=O)NC1CCN(S(=O)(=O)c2cccc(C3CCN(CC4CCNCC4)CC3)c2)CC1. The number of nitrogens with one attached hydrogen (secondary N) is 2. The zero-order chi connectivity index (χ0) is 25.8. The Hall–Kier alpha value is -1.68. The molecule has 0 aromatic heterocycles. The zero-order valence-electron chi connectivity index (χ0n) is 22.2. The fourth-order valence-corrected chi connectivity index (χ4v) is 7.20. The van der Waals surface area contributed by atoms with Crippen molar-refractivity contribution in [2.45, 2.75) is 81.8 Å². The molecule has 8 nitrogen and oxygen atoms in total. The van der Waals surface area contributed by atoms with E-state index in [0.717, 1.165) is 50.5 Å². The van der Waals surface area contributed by atoms with Gasteiger partial charge in [0.1, 0.15) is 5.60 Å². The molecular weight excluding hydrogens is 476 g/mol. The van der Waals surface area contributed by atoms with Gasteiger partial charge in [0.05, 0.1) is 4.90 Å². The molecule has 202 valence electrons. The van der Waals surface area contributed by atoms with Gasteiger partial charge in [0.25, 0.3) is 0 Å². The van der Waals surface area contributed by atoms with Crippen LogP contribution in [0, 0.1) is 5.92 Å². The van der Waals surface area contributed by atoms with Gasteiger partial charge in [-0.3, -0.25) is 0 Å². The van der Waals surface area contributed by atoms with E-state index in [1.165, 1.54) is 19.4 Å². The van der Waals surface area contributed by atoms with Crippen LogP contribution >= 0.6 is 0 Å². The molecule has 36 heavy (non-hydrogen) atoms. The lowest BCUT2D eigenvalue weighted by Gasteiger charge is -2.36. The monoisotopic (exact) mass is 520 g/mol. The van der Waals surface area contributed by atoms with Crippen molar-refractivity contribution >= 4 is 16.1 Å². The molecule has 0 saturated carbocycles. The maximum Gasteiger partial charge on any atom is 0.407 e. The predicted octanol–water partition coefficient (Wildman–Crippen LogP) is 3.54. The normalized spacial score (nSPS) is 22.4. The first-order valence-electron chi connectivity index (χ1n) is 13.6. The largest absolute Gasteiger partial charge is 0.444 e. The predicted molar refractivity (Wildman–Crippen MR) is 142 cm³/mol. The van der Waals surface area contributed by atoms with Crippen LogP contribution in [0.4, 0.5) is 4.79 Å². The van der Waals surface area contributed by atoms with Crippen molar-refractivity contribution in [3.8, 4) is 0 Å². The summed E-state index contributed by atoms with van der Waals surface area (Å²) in [4.78, 5) is 15.0. The molecule has 0 spiro atoms. The Morgan fingerprint density at radius 3 is 2.33 bits per heavy atom. The molecule has 3 aliphatic rings. The fraction of sp³-hybridized carbons (Fsp3) is 0.741. The Balaban J connectivity index is 1.29. The van der Waals surface area contributed by atoms with Gasteiger partial charge >= 0.3 is 6.09 Å². The van der Waals surface area contributed by atoms with Gasteiger partial charge in [-0.2, -0.15) is 4.31 Å². The van der Waals surface area contributed by atoms with Crippen LogP contribution in [-0.2, 0) is 14.8 Å². The molecule has 4 rings (SSSR count). The molecule has 0 atom stereocenters. The molecule has 1 amide bonds. The van der Waals surface area contributed by atoms with E-state index in [1.807, 2.05) is 32.9 Å². The third-order valence-electron chi connectivity index (χ3n) is 7.70. The van der Waals surface area contributed by atoms with Gasteiger partial charge in [-0.1, -0.05) is 12.1 Å². The quantitative estimate of drug-likeness (QED) is 0.596. The maximum absolute atomic E-state index is 13.4. The number of sulfonamides is 1. The highest BCUT2D eigenvalue weighted by Gasteiger charge is 2.31. The standard InChI is InChI=1S/C27H44N4O4S/c1-27(2,3)35-26(32)29-24-11-17-31(18-12-24)36(33,34)25-6-4-5-23(19-25)22-9-15-30(16-10-22)20-21-7-13-28-14-8-21/h4-6,19,21-22,24,28H,7-18,20H2,1-3H3,(H,29,32). The molecule has 0 unspecified atom stereocenters. The van der Waals surface area contributed by atoms with Crippen molar-refractivity contribution in [1.29, 1.82) is 0 Å². The molecule has 1 aromatic carbocycles. The molecule has 2 N–H and O–H groups in total. The first-order chi connectivity index (χ1) is 17.1. The highest BCUT2D eigenvalue weighted by Crippen LogP contribution is 2.31. The number of carbonyl (C=O) groups excluding carboxylic acids is 1. The summed E-state index contributed by atoms with van der Waals surface area (Å²) in [6, 6.07) is 7.51. The summed E-state index contributed by atoms with van der Waals surface area (Å²) in [7, 11) is -3.56. The smallest absolute Gasteiger partial charge is 0.407 e. The average molecular weight is 521 g/mol. The van der Waals surface area contributed by atoms with Gasteiger partial charge in [0, 0.05) is 25.7 Å². The van der Waals surface area contributed by atoms with E-state index in [1.54, 1.807) is 10.4 Å². The zero-order valence-corrected chi connectivity index (χ0v) is 23.0. The molecule has 9 heteroatoms. The minimum atomic E-state index is -3.56. The van der Waals surface area contributed by atoms with Gasteiger partial charge in [-0.15, -0.1) is 0 Å². The first-order valence-corrected chi connectivity index (χ1v) is 15.1. The second-order valence-electron chi connectivity index (χ2n) is 11.7. The number of benzene rings is 1. The lowest BCUT2D eigenvalue weighted by Crippen LogP contribution is -2.47. The number of ether oxygens (including phenoxy) is 1. The van der Waals surface area contributed by atoms with Crippen LogP contribution in [-0.4, -0.2) is 81.2 Å². The van der Waals surface area contributed by atoms with Crippen LogP contribution in [0.2, 0.25) is 0 Å². The van der Waals surface area contributed by atoms with Crippen molar-refractivity contribution in [1.82, 2.24) is 19.8 Å². The summed E-state index contributed by atoms with van der Waals surface area (Å²) in [5, 5.41) is 6.32. The van der Waals surface area contributed by atoms with Crippen LogP contribution in [0.3, 0.4) is 0 Å². The molecule has 0 radical (unpaired) electrons. The number of nitrogens with zero attached hydrogens (tertiary/aromatic N) is 2. The molecular formula is C27H44N4O4S. The van der Waals surface area contributed by atoms with Gasteiger partial charge in [0.15, 0.2) is 0 Å². The van der Waals surface area contributed by atoms with Crippen molar-refractivity contribution in [3.05, 3.63) is 29.8 Å². The number of rotatable bonds is 6. The number of hydrogen-bond acceptors (Lipinski definition) is 6. The van der Waals surface area contributed by atoms with Gasteiger partial charge in [0.2, 0.25) is 10.0 Å². The number of likely N-dealkylation sites (tertiary alicyclic amines) is 1. The molecule has 3 fully saturated rings. The number of hydrogen-bond donors (Lipinski definition) is 2. The molecule has 3 heterocycles. The Morgan fingerprint density at radius 2 is 1.69 bits per heavy atom. The van der Waals surface area contributed by atoms with Crippen molar-refractivity contribution in [3.63, 3.8) is 0 Å². The van der Waals surface area contributed by atoms with E-state index in [2.05, 4.69) is 21.6 Å². The fourth-order valence-electron chi connectivity index (χ4n) is 5.67. The Labute approximate surface area is 217 Å². The summed E-state index contributed by atoms with van der Waals surface area (Å²) in [6.45, 7) is 11.9. The van der Waals surface area contributed by atoms with E-state index >= 15 is 0 Å². The van der Waals surface area contributed by atoms with Crippen molar-refractivity contribution in [2.24, 2.45) is 5.92 Å². The third-order valence-corrected chi connectivity index (χ3v) is 9.60. The van der Waals surface area contributed by atoms with Crippen molar-refractivity contribution < 1.29 is 17.9 Å². The van der Waals surface area contributed by atoms with Crippen LogP contribution in [0.5, 0.6) is 0 Å². The summed E-state index contributed by atoms with van der Waals surface area (Å²) < 4.78 is 33.7. The lowest BCUT2D eigenvalue weighted by atomic mass is 9.88. The molecule has 3 aliphatic heterocycles. The highest BCUT2D eigenvalue weighted by atomic mass is 32.2. The second kappa shape index (κ2) is 11.8. The van der Waals surface area contributed by atoms with Crippen LogP contribution in [0.25, 0.3) is 0 Å². The van der Waals surface area contributed by atoms with E-state index in [-0.39, 0.29) is 6.04 Å². The molecule has 0 aliphatic carbocycles. The Kier molecular flexibility index (Phi) is 8.96. The molecule has 0 bridgehead atoms. The van der Waals surface area contributed by atoms with E-state index in [9.17, 15) is 13.2 Å². The Morgan fingerprint density at radius 1 is 1.03 bits per heavy atom. The van der Waals surface area contributed by atoms with Crippen LogP contribution in [0.1, 0.15) is 70.8 Å². The molecule has 3 saturated heterocycles. The van der Waals surface area contributed by atoms with Gasteiger partial charge < -0.3 is 20.3 Å². The minimum absolute atomic E-state index is 0.0762. The maximum atomic E-state index is 13.4. The second-order valence-corrected chi connectivity index (χ2v) is 13.6. The summed E-state index contributed by atoms with van der Waals surface area (Å²) in [5.74, 6) is 1.22. The van der Waals surface area contributed by atoms with E-state index in [4.69, 9.17) is 4.74 Å². The number of amides is 1. The number of carbonyl (C=O) groups is 1.